The van der Waals surface area contributed by atoms with Crippen LogP contribution in [-0.4, -0.2) is 41.3 Å². The van der Waals surface area contributed by atoms with Gasteiger partial charge < -0.3 is 50.9 Å². The first-order valence-electron chi connectivity index (χ1n) is 9.79. The lowest BCUT2D eigenvalue weighted by molar-refractivity contribution is -0.870. The average Bonchev–Trinajstić information content (AvgIpc) is 3.15. The summed E-state index contributed by atoms with van der Waals surface area (Å²) in [6.07, 6.45) is 20.8. The first kappa shape index (κ1) is 29.8. The number of unbranched alkanes of at least 4 members (excludes halogenated alkanes) is 4. The second-order valence-corrected chi connectivity index (χ2v) is 8.34. The van der Waals surface area contributed by atoms with Gasteiger partial charge in [0.05, 0.1) is 54.4 Å². The van der Waals surface area contributed by atoms with Gasteiger partial charge in [-0.05, 0) is 38.5 Å². The van der Waals surface area contributed by atoms with Crippen molar-refractivity contribution in [1.29, 1.82) is 0 Å². The topological polar surface area (TPSA) is 17.6 Å². The highest BCUT2D eigenvalue weighted by molar-refractivity contribution is 4.67. The van der Waals surface area contributed by atoms with Crippen LogP contribution in [0.3, 0.4) is 0 Å². The first-order valence-corrected chi connectivity index (χ1v) is 9.79. The Hall–Kier alpha value is -0.370. The molecular formula is C20H38Br2ClN5. The van der Waals surface area contributed by atoms with Gasteiger partial charge in [-0.25, -0.2) is 18.3 Å². The summed E-state index contributed by atoms with van der Waals surface area (Å²) in [6.45, 7) is 4.68. The summed E-state index contributed by atoms with van der Waals surface area (Å²) in [7, 11) is 8.88. The molecular weight excluding hydrogens is 506 g/mol. The Balaban J connectivity index is 0. The van der Waals surface area contributed by atoms with Gasteiger partial charge in [-0.3, -0.25) is 0 Å². The molecule has 5 nitrogen and oxygen atoms in total. The third-order valence-corrected chi connectivity index (χ3v) is 4.65. The number of quaternary nitrogens is 1. The van der Waals surface area contributed by atoms with Crippen LogP contribution in [0.2, 0.25) is 0 Å². The van der Waals surface area contributed by atoms with Gasteiger partial charge in [0, 0.05) is 0 Å². The van der Waals surface area contributed by atoms with Gasteiger partial charge in [0.1, 0.15) is 24.8 Å². The molecule has 0 N–H and O–H groups in total. The average molecular weight is 544 g/mol. The van der Waals surface area contributed by atoms with Gasteiger partial charge in [-0.15, -0.1) is 0 Å². The monoisotopic (exact) mass is 541 g/mol. The normalized spacial score (nSPS) is 10.7. The lowest BCUT2D eigenvalue weighted by atomic mass is 10.2. The Morgan fingerprint density at radius 2 is 1.32 bits per heavy atom. The molecule has 2 heterocycles. The zero-order valence-corrected chi connectivity index (χ0v) is 21.8. The Kier molecular flexibility index (Phi) is 16.5. The molecule has 164 valence electrons. The van der Waals surface area contributed by atoms with Crippen LogP contribution in [-0.2, 0) is 26.7 Å². The van der Waals surface area contributed by atoms with E-state index in [0.717, 1.165) is 24.1 Å². The predicted molar refractivity (Wildman–Crippen MR) is 101 cm³/mol. The van der Waals surface area contributed by atoms with E-state index in [0.29, 0.717) is 0 Å². The van der Waals surface area contributed by atoms with Crippen molar-refractivity contribution in [3.63, 3.8) is 0 Å². The molecule has 8 heteroatoms. The molecule has 28 heavy (non-hydrogen) atoms. The van der Waals surface area contributed by atoms with Crippen molar-refractivity contribution < 1.29 is 60.0 Å². The molecule has 0 spiro atoms. The number of aryl methyl sites for hydroxylation is 4. The molecule has 2 aromatic heterocycles. The lowest BCUT2D eigenvalue weighted by Gasteiger charge is -2.23. The van der Waals surface area contributed by atoms with Crippen molar-refractivity contribution >= 4 is 0 Å². The highest BCUT2D eigenvalue weighted by Gasteiger charge is 2.07. The van der Waals surface area contributed by atoms with Crippen LogP contribution >= 0.6 is 0 Å². The van der Waals surface area contributed by atoms with Gasteiger partial charge in [-0.2, -0.15) is 0 Å². The van der Waals surface area contributed by atoms with Gasteiger partial charge in [0.25, 0.3) is 0 Å². The van der Waals surface area contributed by atoms with E-state index >= 15 is 0 Å². The zero-order chi connectivity index (χ0) is 18.1. The maximum Gasteiger partial charge on any atom is 0.243 e. The summed E-state index contributed by atoms with van der Waals surface area (Å²) < 4.78 is 10.1. The van der Waals surface area contributed by atoms with Crippen LogP contribution in [0.1, 0.15) is 38.5 Å². The minimum absolute atomic E-state index is 0. The van der Waals surface area contributed by atoms with E-state index in [1.807, 2.05) is 0 Å². The third kappa shape index (κ3) is 13.0. The standard InChI is InChI=1S/C20H38N5.2BrH.ClH/c1-21-14-15-22(19-21)11-7-5-8-12-23-16-17-24(20-23)13-9-6-10-18-25(2,3)4;;;/h14-17,19-20H,5-13,18H2,1-4H3;3*1H/q+3;;;/p-3. The molecule has 0 bridgehead atoms. The number of hydrogen-bond donors (Lipinski definition) is 0. The van der Waals surface area contributed by atoms with Gasteiger partial charge in [0.2, 0.25) is 12.7 Å². The van der Waals surface area contributed by atoms with Crippen LogP contribution in [0.25, 0.3) is 0 Å². The zero-order valence-electron chi connectivity index (χ0n) is 17.9. The van der Waals surface area contributed by atoms with Gasteiger partial charge in [0.15, 0.2) is 0 Å². The number of halogens is 3. The summed E-state index contributed by atoms with van der Waals surface area (Å²) in [4.78, 5) is 0. The quantitative estimate of drug-likeness (QED) is 0.144. The molecule has 2 rings (SSSR count). The van der Waals surface area contributed by atoms with E-state index in [2.05, 4.69) is 83.9 Å². The Bertz CT molecular complexity index is 622. The lowest BCUT2D eigenvalue weighted by Crippen LogP contribution is -3.00. The minimum atomic E-state index is 0. The number of hydrogen-bond acceptors (Lipinski definition) is 0. The molecule has 0 aliphatic heterocycles. The molecule has 0 aliphatic rings. The summed E-state index contributed by atoms with van der Waals surface area (Å²) in [5.41, 5.74) is 0. The molecule has 0 saturated carbocycles. The van der Waals surface area contributed by atoms with Crippen LogP contribution in [0, 0.1) is 0 Å². The van der Waals surface area contributed by atoms with Crippen molar-refractivity contribution in [2.75, 3.05) is 27.7 Å². The fourth-order valence-corrected chi connectivity index (χ4v) is 3.16. The first-order chi connectivity index (χ1) is 11.9. The molecule has 0 amide bonds. The van der Waals surface area contributed by atoms with Crippen LogP contribution in [0.15, 0.2) is 37.4 Å². The van der Waals surface area contributed by atoms with Crippen molar-refractivity contribution in [3.8, 4) is 0 Å². The third-order valence-electron chi connectivity index (χ3n) is 4.65. The summed E-state index contributed by atoms with van der Waals surface area (Å²) in [5.74, 6) is 0. The molecule has 0 saturated heterocycles. The van der Waals surface area contributed by atoms with Gasteiger partial charge in [-0.1, -0.05) is 0 Å². The number of rotatable bonds is 12. The van der Waals surface area contributed by atoms with Crippen molar-refractivity contribution in [3.05, 3.63) is 37.4 Å². The second-order valence-electron chi connectivity index (χ2n) is 8.34. The molecule has 0 atom stereocenters. The van der Waals surface area contributed by atoms with Gasteiger partial charge >= 0.3 is 0 Å². The van der Waals surface area contributed by atoms with E-state index < -0.39 is 0 Å². The van der Waals surface area contributed by atoms with Crippen LogP contribution in [0.4, 0.5) is 0 Å². The van der Waals surface area contributed by atoms with Crippen molar-refractivity contribution in [1.82, 2.24) is 9.13 Å². The smallest absolute Gasteiger partial charge is 0.243 e. The Labute approximate surface area is 198 Å². The Morgan fingerprint density at radius 1 is 0.750 bits per heavy atom. The Morgan fingerprint density at radius 3 is 1.89 bits per heavy atom. The SMILES string of the molecule is C[n+]1ccn(CCCCC[n+]2ccn(CCCCC[N+](C)(C)C)c2)c1.[Br-].[Br-].[Cl-]. The molecule has 2 aromatic rings. The highest BCUT2D eigenvalue weighted by atomic mass is 79.9. The number of imidazole rings is 2. The summed E-state index contributed by atoms with van der Waals surface area (Å²) in [6, 6.07) is 0. The molecule has 0 aromatic carbocycles. The van der Waals surface area contributed by atoms with E-state index in [1.54, 1.807) is 0 Å². The fourth-order valence-electron chi connectivity index (χ4n) is 3.16. The van der Waals surface area contributed by atoms with Crippen molar-refractivity contribution in [2.45, 2.75) is 58.2 Å². The maximum atomic E-state index is 2.34. The number of aromatic nitrogens is 4. The van der Waals surface area contributed by atoms with Crippen LogP contribution in [0.5, 0.6) is 0 Å². The van der Waals surface area contributed by atoms with E-state index in [4.69, 9.17) is 0 Å². The van der Waals surface area contributed by atoms with E-state index in [1.165, 1.54) is 45.1 Å². The van der Waals surface area contributed by atoms with E-state index in [9.17, 15) is 0 Å². The minimum Gasteiger partial charge on any atom is -1.00 e. The van der Waals surface area contributed by atoms with Crippen LogP contribution < -0.4 is 55.5 Å². The largest absolute Gasteiger partial charge is 1.00 e. The predicted octanol–water partition coefficient (Wildman–Crippen LogP) is -6.84. The summed E-state index contributed by atoms with van der Waals surface area (Å²) in [5, 5.41) is 0. The highest BCUT2D eigenvalue weighted by Crippen LogP contribution is 2.03. The second kappa shape index (κ2) is 15.5. The number of nitrogens with zero attached hydrogens (tertiary/aromatic N) is 5. The molecule has 0 unspecified atom stereocenters. The van der Waals surface area contributed by atoms with E-state index in [-0.39, 0.29) is 46.4 Å². The van der Waals surface area contributed by atoms with Crippen molar-refractivity contribution in [2.24, 2.45) is 7.05 Å². The maximum absolute atomic E-state index is 2.34. The summed E-state index contributed by atoms with van der Waals surface area (Å²) >= 11 is 0. The molecule has 0 aliphatic carbocycles. The molecule has 0 radical (unpaired) electrons. The molecule has 0 fully saturated rings. The fraction of sp³-hybridized carbons (Fsp3) is 0.700.